The van der Waals surface area contributed by atoms with Gasteiger partial charge in [0.1, 0.15) is 29.6 Å². The van der Waals surface area contributed by atoms with Gasteiger partial charge in [-0.05, 0) is 54.7 Å². The van der Waals surface area contributed by atoms with Crippen molar-refractivity contribution >= 4 is 29.7 Å². The minimum absolute atomic E-state index is 0.00301. The van der Waals surface area contributed by atoms with Gasteiger partial charge in [-0.2, -0.15) is 0 Å². The van der Waals surface area contributed by atoms with Crippen molar-refractivity contribution < 1.29 is 34.5 Å². The molecule has 0 saturated heterocycles. The van der Waals surface area contributed by atoms with Crippen LogP contribution in [0.25, 0.3) is 0 Å². The molecule has 0 bridgehead atoms. The third-order valence-corrected chi connectivity index (χ3v) is 6.91. The maximum atomic E-state index is 13.6. The molecule has 0 aliphatic heterocycles. The highest BCUT2D eigenvalue weighted by Crippen LogP contribution is 2.13. The van der Waals surface area contributed by atoms with E-state index in [0.717, 1.165) is 0 Å². The molecule has 4 unspecified atom stereocenters. The van der Waals surface area contributed by atoms with Crippen LogP contribution in [0.3, 0.4) is 0 Å². The molecule has 4 atom stereocenters. The van der Waals surface area contributed by atoms with E-state index in [9.17, 15) is 34.5 Å². The van der Waals surface area contributed by atoms with E-state index in [1.807, 2.05) is 0 Å². The molecule has 3 rings (SSSR count). The molecular weight excluding hydrogens is 598 g/mol. The predicted octanol–water partition coefficient (Wildman–Crippen LogP) is -1.23. The molecule has 1 heterocycles. The minimum atomic E-state index is -1.36. The molecule has 246 valence electrons. The van der Waals surface area contributed by atoms with E-state index in [-0.39, 0.29) is 56.1 Å². The van der Waals surface area contributed by atoms with Crippen molar-refractivity contribution in [1.82, 2.24) is 25.9 Å². The Balaban J connectivity index is 1.76. The standard InChI is InChI=1S/C30H39N9O7/c31-22(12-17-3-7-20(40)8-4-17)26(42)37-23(2-1-11-35-30(32)33)27(43)38-24(14-19-15-34-16-36-19)28(44)39-25(29(45)46)13-18-5-9-21(41)10-6-18/h3-10,15-16,22-25,40-41H,1-2,11-14,31H2,(H,34,36)(H,37,42)(H,38,43)(H,39,44)(H,45,46)(H4,32,33,35). The average Bonchev–Trinajstić information content (AvgIpc) is 3.53. The smallest absolute Gasteiger partial charge is 0.326 e. The summed E-state index contributed by atoms with van der Waals surface area (Å²) in [5.41, 5.74) is 18.6. The number of aliphatic imine (C=N–C) groups is 1. The molecule has 0 spiro atoms. The number of phenolic OH excluding ortho intramolecular Hbond substituents is 2. The number of guanidine groups is 1. The lowest BCUT2D eigenvalue weighted by Gasteiger charge is -2.25. The Hall–Kier alpha value is -5.64. The number of aromatic hydroxyl groups is 2. The maximum Gasteiger partial charge on any atom is 0.326 e. The van der Waals surface area contributed by atoms with Crippen molar-refractivity contribution in [2.45, 2.75) is 56.3 Å². The number of carboxylic acid groups (broad SMARTS) is 1. The Labute approximate surface area is 264 Å². The van der Waals surface area contributed by atoms with E-state index in [0.29, 0.717) is 16.8 Å². The van der Waals surface area contributed by atoms with Gasteiger partial charge in [-0.3, -0.25) is 19.4 Å². The highest BCUT2D eigenvalue weighted by molar-refractivity contribution is 5.94. The van der Waals surface area contributed by atoms with Gasteiger partial charge in [0.2, 0.25) is 17.7 Å². The van der Waals surface area contributed by atoms with Crippen LogP contribution in [0, 0.1) is 0 Å². The van der Waals surface area contributed by atoms with E-state index in [4.69, 9.17) is 17.2 Å². The van der Waals surface area contributed by atoms with Gasteiger partial charge in [0.25, 0.3) is 0 Å². The number of phenols is 2. The average molecular weight is 638 g/mol. The van der Waals surface area contributed by atoms with Crippen LogP contribution in [-0.2, 0) is 38.4 Å². The molecule has 0 fully saturated rings. The third-order valence-electron chi connectivity index (χ3n) is 6.91. The molecule has 16 nitrogen and oxygen atoms in total. The molecule has 0 saturated carbocycles. The Bertz CT molecular complexity index is 1480. The summed E-state index contributed by atoms with van der Waals surface area (Å²) in [6.45, 7) is 0.164. The van der Waals surface area contributed by atoms with E-state index in [1.165, 1.54) is 48.9 Å². The zero-order chi connectivity index (χ0) is 33.6. The number of aromatic amines is 1. The Morgan fingerprint density at radius 3 is 1.87 bits per heavy atom. The second kappa shape index (κ2) is 17.0. The van der Waals surface area contributed by atoms with E-state index < -0.39 is 47.9 Å². The Morgan fingerprint density at radius 1 is 0.783 bits per heavy atom. The monoisotopic (exact) mass is 637 g/mol. The second-order valence-corrected chi connectivity index (χ2v) is 10.6. The number of nitrogens with two attached hydrogens (primary N) is 3. The SMILES string of the molecule is NC(N)=NCCCC(NC(=O)C(N)Cc1ccc(O)cc1)C(=O)NC(Cc1cnc[nH]1)C(=O)NC(Cc1ccc(O)cc1)C(=O)O. The van der Waals surface area contributed by atoms with Crippen LogP contribution in [0.15, 0.2) is 66.0 Å². The van der Waals surface area contributed by atoms with Crippen molar-refractivity contribution in [2.75, 3.05) is 6.54 Å². The van der Waals surface area contributed by atoms with Gasteiger partial charge in [0, 0.05) is 31.3 Å². The highest BCUT2D eigenvalue weighted by atomic mass is 16.4. The predicted molar refractivity (Wildman–Crippen MR) is 167 cm³/mol. The Morgan fingerprint density at radius 2 is 1.33 bits per heavy atom. The first-order chi connectivity index (χ1) is 21.9. The second-order valence-electron chi connectivity index (χ2n) is 10.6. The fraction of sp³-hybridized carbons (Fsp3) is 0.333. The summed E-state index contributed by atoms with van der Waals surface area (Å²) in [5, 5.41) is 36.6. The van der Waals surface area contributed by atoms with Crippen molar-refractivity contribution in [3.8, 4) is 11.5 Å². The number of aromatic nitrogens is 2. The molecule has 0 aliphatic rings. The first-order valence-corrected chi connectivity index (χ1v) is 14.4. The van der Waals surface area contributed by atoms with Crippen LogP contribution in [0.5, 0.6) is 11.5 Å². The number of amides is 3. The van der Waals surface area contributed by atoms with Gasteiger partial charge < -0.3 is 53.5 Å². The number of carbonyl (C=O) groups excluding carboxylic acids is 3. The topological polar surface area (TPSA) is 284 Å². The first-order valence-electron chi connectivity index (χ1n) is 14.4. The number of aliphatic carboxylic acids is 1. The van der Waals surface area contributed by atoms with E-state index in [1.54, 1.807) is 12.1 Å². The summed E-state index contributed by atoms with van der Waals surface area (Å²) in [7, 11) is 0. The number of benzene rings is 2. The first kappa shape index (κ1) is 34.8. The quantitative estimate of drug-likeness (QED) is 0.0475. The van der Waals surface area contributed by atoms with Crippen molar-refractivity contribution in [3.63, 3.8) is 0 Å². The minimum Gasteiger partial charge on any atom is -0.508 e. The van der Waals surface area contributed by atoms with Gasteiger partial charge in [-0.1, -0.05) is 24.3 Å². The summed E-state index contributed by atoms with van der Waals surface area (Å²) < 4.78 is 0. The van der Waals surface area contributed by atoms with E-state index in [2.05, 4.69) is 30.9 Å². The molecular formula is C30H39N9O7. The molecule has 3 amide bonds. The van der Waals surface area contributed by atoms with Crippen LogP contribution in [0.1, 0.15) is 29.7 Å². The van der Waals surface area contributed by atoms with Gasteiger partial charge in [0.05, 0.1) is 12.4 Å². The maximum absolute atomic E-state index is 13.6. The largest absolute Gasteiger partial charge is 0.508 e. The van der Waals surface area contributed by atoms with Crippen LogP contribution in [0.2, 0.25) is 0 Å². The zero-order valence-corrected chi connectivity index (χ0v) is 24.9. The summed E-state index contributed by atoms with van der Waals surface area (Å²) in [4.78, 5) is 62.8. The summed E-state index contributed by atoms with van der Waals surface area (Å²) >= 11 is 0. The van der Waals surface area contributed by atoms with Crippen LogP contribution in [0.4, 0.5) is 0 Å². The van der Waals surface area contributed by atoms with Crippen molar-refractivity contribution in [3.05, 3.63) is 77.9 Å². The van der Waals surface area contributed by atoms with Crippen LogP contribution in [-0.4, -0.2) is 85.7 Å². The van der Waals surface area contributed by atoms with Gasteiger partial charge >= 0.3 is 5.97 Å². The Kier molecular flexibility index (Phi) is 12.9. The number of H-pyrrole nitrogens is 1. The third kappa shape index (κ3) is 11.5. The zero-order valence-electron chi connectivity index (χ0n) is 24.9. The number of imidazole rings is 1. The number of nitrogens with one attached hydrogen (secondary N) is 4. The van der Waals surface area contributed by atoms with Gasteiger partial charge in [-0.25, -0.2) is 9.78 Å². The van der Waals surface area contributed by atoms with Crippen LogP contribution >= 0.6 is 0 Å². The van der Waals surface area contributed by atoms with Gasteiger partial charge in [0.15, 0.2) is 5.96 Å². The molecule has 3 aromatic rings. The number of nitrogens with zero attached hydrogens (tertiary/aromatic N) is 2. The molecule has 1 aromatic heterocycles. The molecule has 16 heteroatoms. The van der Waals surface area contributed by atoms with Crippen molar-refractivity contribution in [2.24, 2.45) is 22.2 Å². The van der Waals surface area contributed by atoms with Gasteiger partial charge in [-0.15, -0.1) is 0 Å². The van der Waals surface area contributed by atoms with Crippen LogP contribution < -0.4 is 33.2 Å². The molecule has 0 radical (unpaired) electrons. The number of hydrogen-bond acceptors (Lipinski definition) is 9. The molecule has 13 N–H and O–H groups in total. The molecule has 46 heavy (non-hydrogen) atoms. The highest BCUT2D eigenvalue weighted by Gasteiger charge is 2.31. The fourth-order valence-corrected chi connectivity index (χ4v) is 4.47. The molecule has 0 aliphatic carbocycles. The normalized spacial score (nSPS) is 13.4. The fourth-order valence-electron chi connectivity index (χ4n) is 4.47. The number of carboxylic acids is 1. The number of rotatable bonds is 17. The van der Waals surface area contributed by atoms with E-state index >= 15 is 0 Å². The summed E-state index contributed by atoms with van der Waals surface area (Å²) in [6, 6.07) is 7.20. The summed E-state index contributed by atoms with van der Waals surface area (Å²) in [6.07, 6.45) is 3.17. The summed E-state index contributed by atoms with van der Waals surface area (Å²) in [5.74, 6) is -3.53. The number of carbonyl (C=O) groups is 4. The lowest BCUT2D eigenvalue weighted by molar-refractivity contribution is -0.142. The number of hydrogen-bond donors (Lipinski definition) is 10. The molecule has 2 aromatic carbocycles. The lowest BCUT2D eigenvalue weighted by Crippen LogP contribution is -2.58. The lowest BCUT2D eigenvalue weighted by atomic mass is 10.0. The van der Waals surface area contributed by atoms with Crippen molar-refractivity contribution in [1.29, 1.82) is 0 Å².